The molecule has 1 heterocycles. The van der Waals surface area contributed by atoms with Crippen LogP contribution in [0, 0.1) is 27.7 Å². The van der Waals surface area contributed by atoms with E-state index in [1.54, 1.807) is 13.1 Å². The number of benzene rings is 1. The Bertz CT molecular complexity index is 820. The first kappa shape index (κ1) is 16.3. The molecule has 0 aliphatic heterocycles. The fraction of sp³-hybridized carbons (Fsp3) is 0.312. The summed E-state index contributed by atoms with van der Waals surface area (Å²) in [5.41, 5.74) is 4.24. The molecule has 0 aliphatic carbocycles. The number of sulfone groups is 1. The van der Waals surface area contributed by atoms with Crippen LogP contribution in [0.5, 0.6) is 0 Å². The Labute approximate surface area is 131 Å². The summed E-state index contributed by atoms with van der Waals surface area (Å²) >= 11 is 0. The van der Waals surface area contributed by atoms with Crippen molar-refractivity contribution >= 4 is 21.3 Å². The number of aromatic nitrogens is 1. The summed E-state index contributed by atoms with van der Waals surface area (Å²) < 4.78 is 25.7. The van der Waals surface area contributed by atoms with Crippen molar-refractivity contribution in [2.24, 2.45) is 0 Å². The van der Waals surface area contributed by atoms with E-state index in [4.69, 9.17) is 5.84 Å². The maximum atomic E-state index is 12.1. The minimum atomic E-state index is -3.35. The fourth-order valence-electron chi connectivity index (χ4n) is 2.76. The number of pyridine rings is 1. The highest BCUT2D eigenvalue weighted by Crippen LogP contribution is 2.29. The van der Waals surface area contributed by atoms with Crippen LogP contribution < -0.4 is 15.8 Å². The quantitative estimate of drug-likeness (QED) is 0.670. The van der Waals surface area contributed by atoms with E-state index >= 15 is 0 Å². The first-order chi connectivity index (χ1) is 10.1. The highest BCUT2D eigenvalue weighted by atomic mass is 32.2. The minimum absolute atomic E-state index is 0.304. The summed E-state index contributed by atoms with van der Waals surface area (Å²) in [6, 6.07) is 5.68. The standard InChI is InChI=1S/C16H21N3O2S/c1-10-6-12(3)15(22(5,20)21)14(8-10)18-16-13(4)7-11(2)9-19(16)17/h6-9H,17H2,1-5H3/p+1. The van der Waals surface area contributed by atoms with Gasteiger partial charge in [0.2, 0.25) is 0 Å². The minimum Gasteiger partial charge on any atom is -0.269 e. The van der Waals surface area contributed by atoms with Crippen molar-refractivity contribution in [2.45, 2.75) is 32.6 Å². The lowest BCUT2D eigenvalue weighted by atomic mass is 10.1. The smallest absolute Gasteiger partial charge is 0.269 e. The van der Waals surface area contributed by atoms with Crippen LogP contribution in [0.25, 0.3) is 0 Å². The molecule has 0 saturated carbocycles. The molecule has 1 aromatic carbocycles. The van der Waals surface area contributed by atoms with Crippen LogP contribution in [-0.4, -0.2) is 14.7 Å². The molecule has 22 heavy (non-hydrogen) atoms. The summed E-state index contributed by atoms with van der Waals surface area (Å²) in [7, 11) is -3.35. The van der Waals surface area contributed by atoms with Crippen LogP contribution in [0.15, 0.2) is 29.3 Å². The van der Waals surface area contributed by atoms with Gasteiger partial charge in [0.25, 0.3) is 0 Å². The number of nitrogens with one attached hydrogen (secondary N) is 1. The average Bonchev–Trinajstić information content (AvgIpc) is 2.30. The van der Waals surface area contributed by atoms with E-state index in [9.17, 15) is 8.42 Å². The van der Waals surface area contributed by atoms with Gasteiger partial charge in [-0.15, -0.1) is 4.68 Å². The van der Waals surface area contributed by atoms with Crippen LogP contribution in [0.1, 0.15) is 22.3 Å². The number of hydrogen-bond acceptors (Lipinski definition) is 4. The van der Waals surface area contributed by atoms with Gasteiger partial charge in [-0.1, -0.05) is 6.07 Å². The third-order valence-electron chi connectivity index (χ3n) is 3.46. The van der Waals surface area contributed by atoms with Gasteiger partial charge in [-0.2, -0.15) is 0 Å². The molecular weight excluding hydrogens is 298 g/mol. The predicted octanol–water partition coefficient (Wildman–Crippen LogP) is 2.07. The lowest BCUT2D eigenvalue weighted by molar-refractivity contribution is -0.624. The Balaban J connectivity index is 2.65. The molecule has 118 valence electrons. The lowest BCUT2D eigenvalue weighted by Crippen LogP contribution is -2.47. The highest BCUT2D eigenvalue weighted by molar-refractivity contribution is 7.91. The number of hydrogen-bond donors (Lipinski definition) is 2. The van der Waals surface area contributed by atoms with Gasteiger partial charge in [0.15, 0.2) is 9.84 Å². The monoisotopic (exact) mass is 320 g/mol. The van der Waals surface area contributed by atoms with Crippen molar-refractivity contribution < 1.29 is 13.1 Å². The van der Waals surface area contributed by atoms with E-state index in [-0.39, 0.29) is 0 Å². The normalized spacial score (nSPS) is 11.5. The van der Waals surface area contributed by atoms with Crippen LogP contribution in [0.4, 0.5) is 11.5 Å². The maximum Gasteiger partial charge on any atom is 0.305 e. The van der Waals surface area contributed by atoms with Crippen molar-refractivity contribution in [1.82, 2.24) is 0 Å². The first-order valence-electron chi connectivity index (χ1n) is 6.96. The van der Waals surface area contributed by atoms with E-state index < -0.39 is 9.84 Å². The zero-order valence-corrected chi connectivity index (χ0v) is 14.4. The number of nitrogens with two attached hydrogens (primary N) is 1. The third kappa shape index (κ3) is 3.22. The summed E-state index contributed by atoms with van der Waals surface area (Å²) in [6.07, 6.45) is 3.01. The van der Waals surface area contributed by atoms with Gasteiger partial charge in [-0.25, -0.2) is 13.7 Å². The molecule has 5 nitrogen and oxygen atoms in total. The van der Waals surface area contributed by atoms with E-state index in [2.05, 4.69) is 5.32 Å². The number of nitrogens with zero attached hydrogens (tertiary/aromatic N) is 1. The second kappa shape index (κ2) is 5.61. The molecule has 0 unspecified atom stereocenters. The van der Waals surface area contributed by atoms with Crippen molar-refractivity contribution in [3.63, 3.8) is 0 Å². The molecule has 2 aromatic rings. The predicted molar refractivity (Wildman–Crippen MR) is 88.6 cm³/mol. The van der Waals surface area contributed by atoms with Gasteiger partial charge in [-0.3, -0.25) is 5.84 Å². The molecule has 0 aliphatic rings. The van der Waals surface area contributed by atoms with Gasteiger partial charge in [0.1, 0.15) is 16.8 Å². The van der Waals surface area contributed by atoms with E-state index in [1.807, 2.05) is 39.0 Å². The van der Waals surface area contributed by atoms with Gasteiger partial charge < -0.3 is 0 Å². The zero-order chi connectivity index (χ0) is 16.7. The second-order valence-electron chi connectivity index (χ2n) is 5.81. The van der Waals surface area contributed by atoms with Crippen molar-refractivity contribution in [2.75, 3.05) is 17.4 Å². The Hall–Kier alpha value is -2.08. The molecule has 0 bridgehead atoms. The summed E-state index contributed by atoms with van der Waals surface area (Å²) in [4.78, 5) is 0.304. The molecule has 0 fully saturated rings. The Morgan fingerprint density at radius 1 is 1.00 bits per heavy atom. The largest absolute Gasteiger partial charge is 0.305 e. The second-order valence-corrected chi connectivity index (χ2v) is 7.76. The van der Waals surface area contributed by atoms with E-state index in [0.717, 1.165) is 22.3 Å². The first-order valence-corrected chi connectivity index (χ1v) is 8.85. The molecule has 1 aromatic heterocycles. The number of anilines is 2. The SMILES string of the molecule is Cc1cc(C)c(S(C)(=O)=O)c(Nc2c(C)cc(C)c[n+]2N)c1. The van der Waals surface area contributed by atoms with Crippen LogP contribution >= 0.6 is 0 Å². The molecule has 2 rings (SSSR count). The number of aryl methyl sites for hydroxylation is 4. The summed E-state index contributed by atoms with van der Waals surface area (Å²) in [6.45, 7) is 7.62. The molecule has 0 amide bonds. The molecule has 6 heteroatoms. The Kier molecular flexibility index (Phi) is 4.15. The third-order valence-corrected chi connectivity index (χ3v) is 4.74. The van der Waals surface area contributed by atoms with Crippen molar-refractivity contribution in [1.29, 1.82) is 0 Å². The molecular formula is C16H22N3O2S+. The topological polar surface area (TPSA) is 76.1 Å². The fourth-order valence-corrected chi connectivity index (χ4v) is 3.92. The van der Waals surface area contributed by atoms with E-state index in [0.29, 0.717) is 16.4 Å². The molecule has 0 spiro atoms. The van der Waals surface area contributed by atoms with Gasteiger partial charge in [0, 0.05) is 11.8 Å². The molecule has 0 saturated heterocycles. The number of nitrogen functional groups attached to an aromatic ring is 1. The van der Waals surface area contributed by atoms with Crippen molar-refractivity contribution in [3.05, 3.63) is 46.6 Å². The Morgan fingerprint density at radius 2 is 1.59 bits per heavy atom. The summed E-state index contributed by atoms with van der Waals surface area (Å²) in [5.74, 6) is 6.68. The van der Waals surface area contributed by atoms with Crippen LogP contribution in [0.3, 0.4) is 0 Å². The Morgan fingerprint density at radius 3 is 2.14 bits per heavy atom. The summed E-state index contributed by atoms with van der Waals surface area (Å²) in [5, 5.41) is 3.18. The van der Waals surface area contributed by atoms with Gasteiger partial charge >= 0.3 is 5.82 Å². The molecule has 3 N–H and O–H groups in total. The van der Waals surface area contributed by atoms with Gasteiger partial charge in [0.05, 0.1) is 0 Å². The maximum absolute atomic E-state index is 12.1. The lowest BCUT2D eigenvalue weighted by Gasteiger charge is -2.12. The molecule has 0 radical (unpaired) electrons. The van der Waals surface area contributed by atoms with Crippen LogP contribution in [-0.2, 0) is 9.84 Å². The van der Waals surface area contributed by atoms with Gasteiger partial charge in [-0.05, 0) is 56.5 Å². The van der Waals surface area contributed by atoms with E-state index in [1.165, 1.54) is 10.9 Å². The number of rotatable bonds is 3. The van der Waals surface area contributed by atoms with Crippen molar-refractivity contribution in [3.8, 4) is 0 Å². The average molecular weight is 320 g/mol. The van der Waals surface area contributed by atoms with Crippen LogP contribution in [0.2, 0.25) is 0 Å². The highest BCUT2D eigenvalue weighted by Gasteiger charge is 2.22. The molecule has 0 atom stereocenters. The zero-order valence-electron chi connectivity index (χ0n) is 13.6.